The number of benzene rings is 1. The van der Waals surface area contributed by atoms with E-state index in [0.29, 0.717) is 11.1 Å². The van der Waals surface area contributed by atoms with Crippen molar-refractivity contribution >= 4 is 46.5 Å². The number of piperidine rings is 1. The standard InChI is InChI=1S/C29H41ClN6S/c30-24-13-11-12-23(20-24)29(14-5-3-6-15-29)22-31-28(37)34-27-32-25(35-16-7-1-2-8-17-35)21-26(33-27)36-18-9-4-10-19-36/h11-13,20-21H,1-10,14-19,22H2,(H2,31,32,33,34,37). The van der Waals surface area contributed by atoms with Crippen molar-refractivity contribution in [1.82, 2.24) is 15.3 Å². The summed E-state index contributed by atoms with van der Waals surface area (Å²) in [4.78, 5) is 14.7. The van der Waals surface area contributed by atoms with Crippen LogP contribution in [0.3, 0.4) is 0 Å². The molecule has 6 nitrogen and oxygen atoms in total. The van der Waals surface area contributed by atoms with Crippen molar-refractivity contribution < 1.29 is 0 Å². The van der Waals surface area contributed by atoms with Crippen LogP contribution in [0.5, 0.6) is 0 Å². The van der Waals surface area contributed by atoms with Gasteiger partial charge in [0.15, 0.2) is 5.11 Å². The molecule has 2 saturated heterocycles. The summed E-state index contributed by atoms with van der Waals surface area (Å²) in [6.07, 6.45) is 14.8. The zero-order valence-corrected chi connectivity index (χ0v) is 23.6. The lowest BCUT2D eigenvalue weighted by Crippen LogP contribution is -2.43. The maximum atomic E-state index is 6.38. The van der Waals surface area contributed by atoms with Gasteiger partial charge in [-0.25, -0.2) is 0 Å². The van der Waals surface area contributed by atoms with Crippen LogP contribution in [0.1, 0.15) is 82.6 Å². The van der Waals surface area contributed by atoms with Gasteiger partial charge in [0.05, 0.1) is 0 Å². The summed E-state index contributed by atoms with van der Waals surface area (Å²) in [6.45, 7) is 5.01. The van der Waals surface area contributed by atoms with Gasteiger partial charge in [-0.15, -0.1) is 0 Å². The van der Waals surface area contributed by atoms with Crippen molar-refractivity contribution in [3.05, 3.63) is 40.9 Å². The Hall–Kier alpha value is -2.12. The van der Waals surface area contributed by atoms with E-state index in [9.17, 15) is 0 Å². The van der Waals surface area contributed by atoms with Crippen molar-refractivity contribution in [3.8, 4) is 0 Å². The summed E-state index contributed by atoms with van der Waals surface area (Å²) in [6, 6.07) is 10.6. The Morgan fingerprint density at radius 1 is 0.811 bits per heavy atom. The predicted molar refractivity (Wildman–Crippen MR) is 159 cm³/mol. The average Bonchev–Trinajstić information content (AvgIpc) is 3.23. The Morgan fingerprint density at radius 2 is 1.38 bits per heavy atom. The summed E-state index contributed by atoms with van der Waals surface area (Å²) < 4.78 is 0. The minimum atomic E-state index is 0.0443. The number of nitrogens with zero attached hydrogens (tertiary/aromatic N) is 4. The van der Waals surface area contributed by atoms with Crippen LogP contribution in [-0.2, 0) is 5.41 Å². The van der Waals surface area contributed by atoms with E-state index in [-0.39, 0.29) is 5.41 Å². The molecule has 0 unspecified atom stereocenters. The lowest BCUT2D eigenvalue weighted by Gasteiger charge is -2.38. The molecule has 1 saturated carbocycles. The van der Waals surface area contributed by atoms with Crippen LogP contribution in [0.4, 0.5) is 17.6 Å². The lowest BCUT2D eigenvalue weighted by molar-refractivity contribution is 0.292. The van der Waals surface area contributed by atoms with Gasteiger partial charge in [0.25, 0.3) is 0 Å². The molecule has 2 aromatic rings. The Kier molecular flexibility index (Phi) is 9.03. The van der Waals surface area contributed by atoms with Gasteiger partial charge in [-0.3, -0.25) is 0 Å². The van der Waals surface area contributed by atoms with Crippen LogP contribution >= 0.6 is 23.8 Å². The van der Waals surface area contributed by atoms with E-state index in [1.807, 2.05) is 6.07 Å². The van der Waals surface area contributed by atoms with Crippen LogP contribution in [-0.4, -0.2) is 47.8 Å². The highest BCUT2D eigenvalue weighted by molar-refractivity contribution is 7.80. The topological polar surface area (TPSA) is 56.3 Å². The largest absolute Gasteiger partial charge is 0.361 e. The van der Waals surface area contributed by atoms with Gasteiger partial charge < -0.3 is 20.4 Å². The van der Waals surface area contributed by atoms with Crippen LogP contribution in [0.25, 0.3) is 0 Å². The maximum Gasteiger partial charge on any atom is 0.232 e. The predicted octanol–water partition coefficient (Wildman–Crippen LogP) is 6.69. The number of hydrogen-bond donors (Lipinski definition) is 2. The first-order valence-electron chi connectivity index (χ1n) is 14.3. The Morgan fingerprint density at radius 3 is 1.97 bits per heavy atom. The molecule has 0 bridgehead atoms. The van der Waals surface area contributed by atoms with E-state index >= 15 is 0 Å². The lowest BCUT2D eigenvalue weighted by atomic mass is 9.69. The molecule has 2 aliphatic heterocycles. The molecule has 1 aromatic heterocycles. The molecule has 3 fully saturated rings. The van der Waals surface area contributed by atoms with E-state index in [0.717, 1.165) is 62.2 Å². The van der Waals surface area contributed by atoms with Gasteiger partial charge in [0, 0.05) is 49.2 Å². The smallest absolute Gasteiger partial charge is 0.232 e. The molecule has 2 N–H and O–H groups in total. The molecular weight excluding hydrogens is 500 g/mol. The van der Waals surface area contributed by atoms with Crippen molar-refractivity contribution in [1.29, 1.82) is 0 Å². The van der Waals surface area contributed by atoms with E-state index in [1.165, 1.54) is 69.8 Å². The number of nitrogens with one attached hydrogen (secondary N) is 2. The first kappa shape index (κ1) is 26.5. The van der Waals surface area contributed by atoms with Crippen LogP contribution in [0.15, 0.2) is 30.3 Å². The van der Waals surface area contributed by atoms with Gasteiger partial charge >= 0.3 is 0 Å². The highest BCUT2D eigenvalue weighted by atomic mass is 35.5. The average molecular weight is 541 g/mol. The second-order valence-electron chi connectivity index (χ2n) is 11.0. The fraction of sp³-hybridized carbons (Fsp3) is 0.621. The van der Waals surface area contributed by atoms with E-state index in [4.69, 9.17) is 33.8 Å². The SMILES string of the molecule is S=C(NCC1(c2cccc(Cl)c2)CCCCC1)Nc1nc(N2CCCCCC2)cc(N2CCCCC2)n1. The van der Waals surface area contributed by atoms with E-state index in [1.54, 1.807) is 0 Å². The zero-order valence-electron chi connectivity index (χ0n) is 22.0. The normalized spacial score (nSPS) is 20.2. The first-order chi connectivity index (χ1) is 18.1. The highest BCUT2D eigenvalue weighted by Gasteiger charge is 2.34. The van der Waals surface area contributed by atoms with Crippen LogP contribution < -0.4 is 20.4 Å². The first-order valence-corrected chi connectivity index (χ1v) is 15.1. The minimum absolute atomic E-state index is 0.0443. The van der Waals surface area contributed by atoms with Gasteiger partial charge in [-0.05, 0) is 74.9 Å². The number of aromatic nitrogens is 2. The summed E-state index contributed by atoms with van der Waals surface area (Å²) >= 11 is 12.2. The monoisotopic (exact) mass is 540 g/mol. The van der Waals surface area contributed by atoms with E-state index in [2.05, 4.69) is 44.7 Å². The molecule has 5 rings (SSSR count). The fourth-order valence-corrected chi connectivity index (χ4v) is 6.59. The fourth-order valence-electron chi connectivity index (χ4n) is 6.23. The summed E-state index contributed by atoms with van der Waals surface area (Å²) in [7, 11) is 0. The Balaban J connectivity index is 1.32. The van der Waals surface area contributed by atoms with Crippen molar-refractivity contribution in [2.75, 3.05) is 47.8 Å². The van der Waals surface area contributed by atoms with Crippen LogP contribution in [0.2, 0.25) is 5.02 Å². The van der Waals surface area contributed by atoms with Crippen molar-refractivity contribution in [3.63, 3.8) is 0 Å². The molecule has 8 heteroatoms. The molecule has 3 aliphatic rings. The van der Waals surface area contributed by atoms with Crippen LogP contribution in [0, 0.1) is 0 Å². The molecule has 37 heavy (non-hydrogen) atoms. The summed E-state index contributed by atoms with van der Waals surface area (Å²) in [5.41, 5.74) is 1.35. The molecule has 0 radical (unpaired) electrons. The molecule has 1 aromatic carbocycles. The number of hydrogen-bond acceptors (Lipinski definition) is 5. The number of halogens is 1. The minimum Gasteiger partial charge on any atom is -0.361 e. The molecule has 0 amide bonds. The van der Waals surface area contributed by atoms with Gasteiger partial charge in [-0.2, -0.15) is 9.97 Å². The number of thiocarbonyl (C=S) groups is 1. The third kappa shape index (κ3) is 6.85. The number of rotatable bonds is 6. The molecule has 1 aliphatic carbocycles. The van der Waals surface area contributed by atoms with Gasteiger partial charge in [-0.1, -0.05) is 55.8 Å². The third-order valence-electron chi connectivity index (χ3n) is 8.37. The molecular formula is C29H41ClN6S. The molecule has 200 valence electrons. The third-order valence-corrected chi connectivity index (χ3v) is 8.85. The van der Waals surface area contributed by atoms with Crippen molar-refractivity contribution in [2.24, 2.45) is 0 Å². The second-order valence-corrected chi connectivity index (χ2v) is 11.9. The molecule has 0 spiro atoms. The van der Waals surface area contributed by atoms with Gasteiger partial charge in [0.2, 0.25) is 5.95 Å². The number of anilines is 3. The molecule has 0 atom stereocenters. The van der Waals surface area contributed by atoms with E-state index < -0.39 is 0 Å². The Labute approximate surface area is 232 Å². The maximum absolute atomic E-state index is 6.38. The highest BCUT2D eigenvalue weighted by Crippen LogP contribution is 2.39. The summed E-state index contributed by atoms with van der Waals surface area (Å²) in [5, 5.41) is 8.28. The molecule has 3 heterocycles. The quantitative estimate of drug-likeness (QED) is 0.396. The zero-order chi connectivity index (χ0) is 25.5. The van der Waals surface area contributed by atoms with Crippen molar-refractivity contribution in [2.45, 2.75) is 82.5 Å². The Bertz CT molecular complexity index is 1040. The summed E-state index contributed by atoms with van der Waals surface area (Å²) in [5.74, 6) is 2.63. The van der Waals surface area contributed by atoms with Gasteiger partial charge in [0.1, 0.15) is 11.6 Å². The second kappa shape index (κ2) is 12.6.